The van der Waals surface area contributed by atoms with Crippen molar-refractivity contribution in [3.63, 3.8) is 0 Å². The predicted octanol–water partition coefficient (Wildman–Crippen LogP) is 3.44. The summed E-state index contributed by atoms with van der Waals surface area (Å²) in [7, 11) is 0. The van der Waals surface area contributed by atoms with Crippen LogP contribution in [-0.4, -0.2) is 12.4 Å². The van der Waals surface area contributed by atoms with Gasteiger partial charge in [0.25, 0.3) is 0 Å². The monoisotopic (exact) mass is 220 g/mol. The molecule has 1 unspecified atom stereocenters. The van der Waals surface area contributed by atoms with Crippen LogP contribution in [0.2, 0.25) is 0 Å². The number of ketones is 1. The standard InChI is InChI=1S/C14H20O2/c1-4-10-16-14(13(15)5-2)12-9-7-6-8-11(12)3/h6-9,14H,4-5,10H2,1-3H3. The average Bonchev–Trinajstić information content (AvgIpc) is 2.31. The van der Waals surface area contributed by atoms with Crippen molar-refractivity contribution in [3.05, 3.63) is 35.4 Å². The zero-order valence-electron chi connectivity index (χ0n) is 10.3. The van der Waals surface area contributed by atoms with E-state index in [0.717, 1.165) is 17.5 Å². The average molecular weight is 220 g/mol. The maximum Gasteiger partial charge on any atom is 0.165 e. The van der Waals surface area contributed by atoms with Crippen molar-refractivity contribution in [2.45, 2.75) is 39.7 Å². The van der Waals surface area contributed by atoms with E-state index in [1.54, 1.807) is 0 Å². The van der Waals surface area contributed by atoms with E-state index in [4.69, 9.17) is 4.74 Å². The molecule has 0 aromatic heterocycles. The molecule has 88 valence electrons. The van der Waals surface area contributed by atoms with Crippen LogP contribution in [0.15, 0.2) is 24.3 Å². The fourth-order valence-electron chi connectivity index (χ4n) is 1.66. The highest BCUT2D eigenvalue weighted by atomic mass is 16.5. The maximum absolute atomic E-state index is 11.8. The van der Waals surface area contributed by atoms with Crippen LogP contribution in [0.25, 0.3) is 0 Å². The molecule has 16 heavy (non-hydrogen) atoms. The maximum atomic E-state index is 11.8. The molecule has 2 heteroatoms. The molecule has 0 heterocycles. The first kappa shape index (κ1) is 12.9. The van der Waals surface area contributed by atoms with Gasteiger partial charge in [0.05, 0.1) is 0 Å². The van der Waals surface area contributed by atoms with Crippen molar-refractivity contribution in [2.24, 2.45) is 0 Å². The fraction of sp³-hybridized carbons (Fsp3) is 0.500. The molecule has 1 rings (SSSR count). The van der Waals surface area contributed by atoms with E-state index in [0.29, 0.717) is 13.0 Å². The number of hydrogen-bond donors (Lipinski definition) is 0. The molecule has 0 bridgehead atoms. The number of rotatable bonds is 6. The predicted molar refractivity (Wildman–Crippen MR) is 65.5 cm³/mol. The van der Waals surface area contributed by atoms with Crippen molar-refractivity contribution in [1.82, 2.24) is 0 Å². The van der Waals surface area contributed by atoms with Crippen LogP contribution < -0.4 is 0 Å². The molecule has 0 saturated carbocycles. The topological polar surface area (TPSA) is 26.3 Å². The molecular weight excluding hydrogens is 200 g/mol. The third-order valence-corrected chi connectivity index (χ3v) is 2.60. The van der Waals surface area contributed by atoms with E-state index in [2.05, 4.69) is 0 Å². The van der Waals surface area contributed by atoms with Crippen LogP contribution in [-0.2, 0) is 9.53 Å². The summed E-state index contributed by atoms with van der Waals surface area (Å²) < 4.78 is 5.66. The van der Waals surface area contributed by atoms with E-state index in [9.17, 15) is 4.79 Å². The number of Topliss-reactive ketones (excluding diaryl/α,β-unsaturated/α-hetero) is 1. The number of aryl methyl sites for hydroxylation is 1. The Morgan fingerprint density at radius 2 is 2.00 bits per heavy atom. The highest BCUT2D eigenvalue weighted by molar-refractivity contribution is 5.84. The lowest BCUT2D eigenvalue weighted by Crippen LogP contribution is -2.16. The molecule has 0 radical (unpaired) electrons. The Balaban J connectivity index is 2.92. The minimum atomic E-state index is -0.383. The summed E-state index contributed by atoms with van der Waals surface area (Å²) in [6.07, 6.45) is 1.06. The van der Waals surface area contributed by atoms with Gasteiger partial charge in [-0.25, -0.2) is 0 Å². The summed E-state index contributed by atoms with van der Waals surface area (Å²) in [4.78, 5) is 11.8. The van der Waals surface area contributed by atoms with Crippen LogP contribution in [0.1, 0.15) is 43.9 Å². The van der Waals surface area contributed by atoms with Gasteiger partial charge < -0.3 is 4.74 Å². The molecule has 0 aliphatic rings. The van der Waals surface area contributed by atoms with Crippen LogP contribution >= 0.6 is 0 Å². The number of carbonyl (C=O) groups is 1. The summed E-state index contributed by atoms with van der Waals surface area (Å²) >= 11 is 0. The molecule has 0 amide bonds. The van der Waals surface area contributed by atoms with Crippen LogP contribution in [0.4, 0.5) is 0 Å². The summed E-state index contributed by atoms with van der Waals surface area (Å²) in [5, 5.41) is 0. The molecule has 0 aliphatic carbocycles. The van der Waals surface area contributed by atoms with Crippen LogP contribution in [0, 0.1) is 6.92 Å². The molecule has 1 aromatic carbocycles. The first-order valence-electron chi connectivity index (χ1n) is 5.90. The highest BCUT2D eigenvalue weighted by Crippen LogP contribution is 2.23. The molecular formula is C14H20O2. The van der Waals surface area contributed by atoms with Gasteiger partial charge in [-0.05, 0) is 24.5 Å². The molecule has 1 atom stereocenters. The Morgan fingerprint density at radius 3 is 2.56 bits per heavy atom. The molecule has 0 saturated heterocycles. The summed E-state index contributed by atoms with van der Waals surface area (Å²) in [6.45, 7) is 6.57. The van der Waals surface area contributed by atoms with Crippen molar-refractivity contribution in [1.29, 1.82) is 0 Å². The normalized spacial score (nSPS) is 12.4. The van der Waals surface area contributed by atoms with Crippen molar-refractivity contribution in [3.8, 4) is 0 Å². The largest absolute Gasteiger partial charge is 0.366 e. The molecule has 0 spiro atoms. The second-order valence-electron chi connectivity index (χ2n) is 3.93. The van der Waals surface area contributed by atoms with Gasteiger partial charge in [0, 0.05) is 13.0 Å². The minimum absolute atomic E-state index is 0.155. The van der Waals surface area contributed by atoms with Gasteiger partial charge >= 0.3 is 0 Å². The minimum Gasteiger partial charge on any atom is -0.366 e. The van der Waals surface area contributed by atoms with Gasteiger partial charge in [0.1, 0.15) is 6.10 Å². The summed E-state index contributed by atoms with van der Waals surface area (Å²) in [6, 6.07) is 7.92. The highest BCUT2D eigenvalue weighted by Gasteiger charge is 2.20. The van der Waals surface area contributed by atoms with Gasteiger partial charge in [0.15, 0.2) is 5.78 Å². The molecule has 2 nitrogen and oxygen atoms in total. The molecule has 0 N–H and O–H groups in total. The van der Waals surface area contributed by atoms with Gasteiger partial charge in [-0.2, -0.15) is 0 Å². The zero-order valence-corrected chi connectivity index (χ0v) is 10.3. The number of carbonyl (C=O) groups excluding carboxylic acids is 1. The lowest BCUT2D eigenvalue weighted by atomic mass is 9.99. The van der Waals surface area contributed by atoms with E-state index in [1.165, 1.54) is 0 Å². The van der Waals surface area contributed by atoms with Crippen LogP contribution in [0.5, 0.6) is 0 Å². The molecule has 0 fully saturated rings. The molecule has 0 aliphatic heterocycles. The lowest BCUT2D eigenvalue weighted by molar-refractivity contribution is -0.130. The SMILES string of the molecule is CCCOC(C(=O)CC)c1ccccc1C. The Morgan fingerprint density at radius 1 is 1.31 bits per heavy atom. The Bertz CT molecular complexity index is 344. The van der Waals surface area contributed by atoms with E-state index in [-0.39, 0.29) is 11.9 Å². The summed E-state index contributed by atoms with van der Waals surface area (Å²) in [5.41, 5.74) is 2.12. The lowest BCUT2D eigenvalue weighted by Gasteiger charge is -2.18. The first-order valence-corrected chi connectivity index (χ1v) is 5.90. The van der Waals surface area contributed by atoms with E-state index >= 15 is 0 Å². The van der Waals surface area contributed by atoms with Crippen molar-refractivity contribution in [2.75, 3.05) is 6.61 Å². The molecule has 1 aromatic rings. The van der Waals surface area contributed by atoms with E-state index in [1.807, 2.05) is 45.0 Å². The smallest absolute Gasteiger partial charge is 0.165 e. The van der Waals surface area contributed by atoms with E-state index < -0.39 is 0 Å². The number of ether oxygens (including phenoxy) is 1. The Kier molecular flexibility index (Phi) is 5.20. The number of benzene rings is 1. The zero-order chi connectivity index (χ0) is 12.0. The fourth-order valence-corrected chi connectivity index (χ4v) is 1.66. The first-order chi connectivity index (χ1) is 7.70. The Labute approximate surface area is 97.6 Å². The van der Waals surface area contributed by atoms with Crippen molar-refractivity contribution >= 4 is 5.78 Å². The quantitative estimate of drug-likeness (QED) is 0.734. The second-order valence-corrected chi connectivity index (χ2v) is 3.93. The van der Waals surface area contributed by atoms with Gasteiger partial charge in [-0.1, -0.05) is 38.1 Å². The van der Waals surface area contributed by atoms with Gasteiger partial charge in [0.2, 0.25) is 0 Å². The van der Waals surface area contributed by atoms with Gasteiger partial charge in [-0.3, -0.25) is 4.79 Å². The number of hydrogen-bond acceptors (Lipinski definition) is 2. The van der Waals surface area contributed by atoms with Gasteiger partial charge in [-0.15, -0.1) is 0 Å². The van der Waals surface area contributed by atoms with Crippen molar-refractivity contribution < 1.29 is 9.53 Å². The third kappa shape index (κ3) is 3.17. The summed E-state index contributed by atoms with van der Waals surface area (Å²) in [5.74, 6) is 0.155. The third-order valence-electron chi connectivity index (χ3n) is 2.60. The Hall–Kier alpha value is -1.15. The second kappa shape index (κ2) is 6.44. The van der Waals surface area contributed by atoms with Crippen LogP contribution in [0.3, 0.4) is 0 Å².